The van der Waals surface area contributed by atoms with Gasteiger partial charge in [0.2, 0.25) is 0 Å². The highest BCUT2D eigenvalue weighted by Crippen LogP contribution is 2.66. The molecule has 134 valence electrons. The lowest BCUT2D eigenvalue weighted by Gasteiger charge is -2.38. The smallest absolute Gasteiger partial charge is 0.296 e. The number of ether oxygens (including phenoxy) is 2. The number of para-hydroxylation sites is 2. The number of rotatable bonds is 2. The molecule has 4 aromatic rings. The second kappa shape index (κ2) is 5.49. The monoisotopic (exact) mass is 362 g/mol. The van der Waals surface area contributed by atoms with Crippen LogP contribution in [0.25, 0.3) is 0 Å². The van der Waals surface area contributed by atoms with Crippen LogP contribution in [-0.4, -0.2) is 0 Å². The molecule has 0 aliphatic carbocycles. The van der Waals surface area contributed by atoms with E-state index in [4.69, 9.17) is 9.47 Å². The predicted octanol–water partition coefficient (Wildman–Crippen LogP) is 5.66. The number of fused-ring (bicyclic) bond motifs is 5. The molecule has 2 heterocycles. The fourth-order valence-corrected chi connectivity index (χ4v) is 4.90. The Hall–Kier alpha value is -3.52. The summed E-state index contributed by atoms with van der Waals surface area (Å²) in [5.74, 6) is 0.748. The summed E-state index contributed by atoms with van der Waals surface area (Å²) in [4.78, 5) is 0. The zero-order valence-electron chi connectivity index (χ0n) is 15.2. The van der Waals surface area contributed by atoms with Crippen LogP contribution in [0.4, 0.5) is 0 Å². The van der Waals surface area contributed by atoms with E-state index < -0.39 is 11.2 Å². The quantitative estimate of drug-likeness (QED) is 0.458. The van der Waals surface area contributed by atoms with Gasteiger partial charge in [0.25, 0.3) is 5.79 Å². The summed E-state index contributed by atoms with van der Waals surface area (Å²) in [6, 6.07) is 37.5. The molecule has 0 unspecified atom stereocenters. The van der Waals surface area contributed by atoms with Gasteiger partial charge in [-0.2, -0.15) is 0 Å². The third-order valence-corrected chi connectivity index (χ3v) is 5.94. The van der Waals surface area contributed by atoms with Crippen molar-refractivity contribution >= 4 is 0 Å². The van der Waals surface area contributed by atoms with E-state index in [1.165, 1.54) is 0 Å². The molecule has 2 aliphatic rings. The van der Waals surface area contributed by atoms with Gasteiger partial charge >= 0.3 is 0 Å². The third kappa shape index (κ3) is 1.73. The Morgan fingerprint density at radius 2 is 0.857 bits per heavy atom. The molecule has 0 saturated carbocycles. The lowest BCUT2D eigenvalue weighted by atomic mass is 9.64. The topological polar surface area (TPSA) is 18.5 Å². The molecule has 28 heavy (non-hydrogen) atoms. The van der Waals surface area contributed by atoms with Gasteiger partial charge in [-0.3, -0.25) is 0 Å². The van der Waals surface area contributed by atoms with E-state index in [2.05, 4.69) is 60.7 Å². The summed E-state index contributed by atoms with van der Waals surface area (Å²) >= 11 is 0. The van der Waals surface area contributed by atoms with Crippen molar-refractivity contribution < 1.29 is 9.47 Å². The van der Waals surface area contributed by atoms with Crippen LogP contribution in [0.15, 0.2) is 109 Å². The molecular weight excluding hydrogens is 344 g/mol. The Labute approximate surface area is 164 Å². The van der Waals surface area contributed by atoms with Gasteiger partial charge in [-0.25, -0.2) is 0 Å². The summed E-state index contributed by atoms with van der Waals surface area (Å²) in [5.41, 5.74) is 3.85. The van der Waals surface area contributed by atoms with Crippen molar-refractivity contribution in [2.75, 3.05) is 0 Å². The largest absolute Gasteiger partial charge is 0.446 e. The van der Waals surface area contributed by atoms with Crippen molar-refractivity contribution in [1.82, 2.24) is 0 Å². The molecular formula is C26H18O2. The first-order valence-corrected chi connectivity index (χ1v) is 9.54. The van der Waals surface area contributed by atoms with Crippen LogP contribution in [0.5, 0.6) is 11.5 Å². The minimum Gasteiger partial charge on any atom is -0.446 e. The lowest BCUT2D eigenvalue weighted by Crippen LogP contribution is -2.50. The predicted molar refractivity (Wildman–Crippen MR) is 109 cm³/mol. The van der Waals surface area contributed by atoms with Crippen molar-refractivity contribution in [3.63, 3.8) is 0 Å². The molecule has 2 aliphatic heterocycles. The van der Waals surface area contributed by atoms with E-state index in [1.54, 1.807) is 0 Å². The van der Waals surface area contributed by atoms with Gasteiger partial charge in [-0.1, -0.05) is 97.1 Å². The molecule has 0 bridgehead atoms. The third-order valence-electron chi connectivity index (χ3n) is 5.94. The van der Waals surface area contributed by atoms with E-state index in [1.807, 2.05) is 48.5 Å². The Balaban J connectivity index is 1.80. The van der Waals surface area contributed by atoms with Crippen molar-refractivity contribution in [2.24, 2.45) is 0 Å². The zero-order chi connectivity index (χ0) is 18.6. The molecule has 0 aromatic heterocycles. The Bertz CT molecular complexity index is 1120. The van der Waals surface area contributed by atoms with E-state index in [0.717, 1.165) is 33.8 Å². The highest BCUT2D eigenvalue weighted by molar-refractivity contribution is 5.68. The Kier molecular flexibility index (Phi) is 3.05. The van der Waals surface area contributed by atoms with Crippen molar-refractivity contribution in [2.45, 2.75) is 11.2 Å². The molecule has 0 fully saturated rings. The van der Waals surface area contributed by atoms with Gasteiger partial charge < -0.3 is 9.47 Å². The first-order chi connectivity index (χ1) is 13.9. The minimum atomic E-state index is -0.983. The highest BCUT2D eigenvalue weighted by Gasteiger charge is 2.69. The fourth-order valence-electron chi connectivity index (χ4n) is 4.90. The van der Waals surface area contributed by atoms with E-state index in [9.17, 15) is 0 Å². The maximum Gasteiger partial charge on any atom is 0.296 e. The normalized spacial score (nSPS) is 23.9. The van der Waals surface area contributed by atoms with Crippen molar-refractivity contribution in [3.8, 4) is 11.5 Å². The molecule has 0 radical (unpaired) electrons. The summed E-state index contributed by atoms with van der Waals surface area (Å²) < 4.78 is 13.4. The second-order valence-corrected chi connectivity index (χ2v) is 7.30. The highest BCUT2D eigenvalue weighted by atomic mass is 16.7. The van der Waals surface area contributed by atoms with E-state index in [0.29, 0.717) is 0 Å². The maximum atomic E-state index is 6.72. The standard InChI is InChI=1S/C26H18O2/c1-3-11-19(12-4-1)25-21-15-7-9-17-23(21)27-26(25,20-13-5-2-6-14-20)28-24-18-10-8-16-22(24)25/h1-18H. The summed E-state index contributed by atoms with van der Waals surface area (Å²) in [6.45, 7) is 0. The first kappa shape index (κ1) is 15.5. The maximum absolute atomic E-state index is 6.72. The van der Waals surface area contributed by atoms with Gasteiger partial charge in [-0.15, -0.1) is 0 Å². The van der Waals surface area contributed by atoms with Crippen LogP contribution < -0.4 is 9.47 Å². The fraction of sp³-hybridized carbons (Fsp3) is 0.0769. The second-order valence-electron chi connectivity index (χ2n) is 7.30. The molecule has 0 amide bonds. The van der Waals surface area contributed by atoms with Crippen LogP contribution in [0.2, 0.25) is 0 Å². The lowest BCUT2D eigenvalue weighted by molar-refractivity contribution is -0.119. The van der Waals surface area contributed by atoms with Crippen LogP contribution >= 0.6 is 0 Å². The SMILES string of the molecule is c1ccc(C23Oc4ccccc4C2(c2ccccc2)c2ccccc2O3)cc1. The van der Waals surface area contributed by atoms with Gasteiger partial charge in [0.1, 0.15) is 16.9 Å². The molecule has 0 spiro atoms. The van der Waals surface area contributed by atoms with Crippen LogP contribution in [0.1, 0.15) is 22.3 Å². The first-order valence-electron chi connectivity index (χ1n) is 9.54. The van der Waals surface area contributed by atoms with E-state index in [-0.39, 0.29) is 0 Å². The molecule has 2 heteroatoms. The summed E-state index contributed by atoms with van der Waals surface area (Å²) in [7, 11) is 0. The van der Waals surface area contributed by atoms with Gasteiger partial charge in [-0.05, 0) is 17.7 Å². The van der Waals surface area contributed by atoms with Gasteiger partial charge in [0, 0.05) is 16.7 Å². The average molecular weight is 362 g/mol. The minimum absolute atomic E-state index is 0.581. The zero-order valence-corrected chi connectivity index (χ0v) is 15.2. The molecule has 4 aromatic carbocycles. The summed E-state index contributed by atoms with van der Waals surface area (Å²) in [5, 5.41) is 0. The number of hydrogen-bond donors (Lipinski definition) is 0. The summed E-state index contributed by atoms with van der Waals surface area (Å²) in [6.07, 6.45) is 0. The van der Waals surface area contributed by atoms with E-state index >= 15 is 0 Å². The molecule has 0 atom stereocenters. The van der Waals surface area contributed by atoms with Crippen LogP contribution in [0, 0.1) is 0 Å². The van der Waals surface area contributed by atoms with Gasteiger partial charge in [0.15, 0.2) is 0 Å². The van der Waals surface area contributed by atoms with Crippen molar-refractivity contribution in [1.29, 1.82) is 0 Å². The molecule has 0 saturated heterocycles. The molecule has 6 rings (SSSR count). The molecule has 0 N–H and O–H groups in total. The Morgan fingerprint density at radius 3 is 1.39 bits per heavy atom. The average Bonchev–Trinajstić information content (AvgIpc) is 3.23. The van der Waals surface area contributed by atoms with Gasteiger partial charge in [0.05, 0.1) is 0 Å². The van der Waals surface area contributed by atoms with Crippen molar-refractivity contribution in [3.05, 3.63) is 131 Å². The van der Waals surface area contributed by atoms with Crippen LogP contribution in [-0.2, 0) is 11.2 Å². The van der Waals surface area contributed by atoms with Crippen LogP contribution in [0.3, 0.4) is 0 Å². The Morgan fingerprint density at radius 1 is 0.429 bits per heavy atom. The molecule has 2 nitrogen and oxygen atoms in total. The number of hydrogen-bond acceptors (Lipinski definition) is 2. The number of benzene rings is 4.